The number of fused-ring (bicyclic) bond motifs is 2. The van der Waals surface area contributed by atoms with E-state index in [4.69, 9.17) is 21.3 Å². The Bertz CT molecular complexity index is 1310. The van der Waals surface area contributed by atoms with Gasteiger partial charge < -0.3 is 15.0 Å². The van der Waals surface area contributed by atoms with Crippen molar-refractivity contribution in [3.05, 3.63) is 101 Å². The van der Waals surface area contributed by atoms with Crippen molar-refractivity contribution in [2.45, 2.75) is 25.3 Å². The summed E-state index contributed by atoms with van der Waals surface area (Å²) in [5, 5.41) is 4.25. The minimum Gasteiger partial charge on any atom is -0.381 e. The number of aromatic nitrogens is 2. The van der Waals surface area contributed by atoms with E-state index >= 15 is 0 Å². The van der Waals surface area contributed by atoms with Gasteiger partial charge in [-0.25, -0.2) is 9.97 Å². The van der Waals surface area contributed by atoms with E-state index in [1.54, 1.807) is 12.4 Å². The Morgan fingerprint density at radius 1 is 1.03 bits per heavy atom. The van der Waals surface area contributed by atoms with Crippen LogP contribution in [0.5, 0.6) is 0 Å². The smallest absolute Gasteiger partial charge is 0.115 e. The van der Waals surface area contributed by atoms with Gasteiger partial charge in [-0.15, -0.1) is 0 Å². The number of hydrogen-bond acceptors (Lipinski definition) is 6. The molecule has 35 heavy (non-hydrogen) atoms. The highest BCUT2D eigenvalue weighted by molar-refractivity contribution is 6.30. The van der Waals surface area contributed by atoms with E-state index in [0.29, 0.717) is 0 Å². The van der Waals surface area contributed by atoms with Gasteiger partial charge in [0.1, 0.15) is 6.33 Å². The molecule has 1 aliphatic carbocycles. The first-order valence-electron chi connectivity index (χ1n) is 12.0. The minimum atomic E-state index is 0.185. The Kier molecular flexibility index (Phi) is 6.06. The molecular formula is C28H26ClN5O. The van der Waals surface area contributed by atoms with E-state index in [2.05, 4.69) is 62.7 Å². The summed E-state index contributed by atoms with van der Waals surface area (Å²) < 4.78 is 5.57. The second-order valence-corrected chi connectivity index (χ2v) is 9.45. The number of benzene rings is 2. The number of nitrogens with one attached hydrogen (secondary N) is 1. The van der Waals surface area contributed by atoms with Gasteiger partial charge in [0.2, 0.25) is 0 Å². The molecule has 2 aliphatic heterocycles. The number of anilines is 3. The third kappa shape index (κ3) is 4.59. The topological polar surface area (TPSA) is 62.6 Å². The standard InChI is InChI=1S/C28H26ClN5O/c29-21-5-3-6-24(14-21)34-27-7-2-1-4-19(27)12-20-13-25(33-23-16-30-18-31-17-23)26(15-28(20)34)32-22-8-10-35-11-9-22/h1-7,13-18,20,22,33H,8-12H2. The molecule has 1 N–H and O–H groups in total. The van der Waals surface area contributed by atoms with Gasteiger partial charge >= 0.3 is 0 Å². The molecule has 3 aliphatic rings. The van der Waals surface area contributed by atoms with Gasteiger partial charge in [-0.1, -0.05) is 35.9 Å². The highest BCUT2D eigenvalue weighted by Crippen LogP contribution is 2.44. The van der Waals surface area contributed by atoms with Crippen LogP contribution < -0.4 is 10.2 Å². The highest BCUT2D eigenvalue weighted by Gasteiger charge is 2.33. The molecule has 176 valence electrons. The molecule has 0 amide bonds. The SMILES string of the molecule is Clc1cccc(N2C3=CC(=NC4CCOCC4)C(Nc4cncnc4)=CC3Cc3ccccc32)c1. The van der Waals surface area contributed by atoms with Gasteiger partial charge in [0.25, 0.3) is 0 Å². The second-order valence-electron chi connectivity index (χ2n) is 9.01. The maximum Gasteiger partial charge on any atom is 0.115 e. The molecular weight excluding hydrogens is 458 g/mol. The van der Waals surface area contributed by atoms with E-state index in [9.17, 15) is 0 Å². The molecule has 2 aromatic carbocycles. The van der Waals surface area contributed by atoms with Crippen LogP contribution in [0.4, 0.5) is 17.1 Å². The third-order valence-electron chi connectivity index (χ3n) is 6.66. The Hall–Kier alpha value is -3.48. The normalized spacial score (nSPS) is 21.1. The Morgan fingerprint density at radius 3 is 2.69 bits per heavy atom. The zero-order valence-corrected chi connectivity index (χ0v) is 20.0. The zero-order valence-electron chi connectivity index (χ0n) is 19.3. The van der Waals surface area contributed by atoms with E-state index in [1.807, 2.05) is 18.2 Å². The highest BCUT2D eigenvalue weighted by atomic mass is 35.5. The maximum atomic E-state index is 6.42. The third-order valence-corrected chi connectivity index (χ3v) is 6.89. The molecule has 1 saturated heterocycles. The molecule has 3 heterocycles. The number of para-hydroxylation sites is 1. The molecule has 6 nitrogen and oxygen atoms in total. The first-order valence-corrected chi connectivity index (χ1v) is 12.4. The Morgan fingerprint density at radius 2 is 1.86 bits per heavy atom. The van der Waals surface area contributed by atoms with Crippen molar-refractivity contribution in [2.75, 3.05) is 23.4 Å². The van der Waals surface area contributed by atoms with Gasteiger partial charge in [0, 0.05) is 41.2 Å². The Labute approximate surface area is 210 Å². The predicted molar refractivity (Wildman–Crippen MR) is 140 cm³/mol. The van der Waals surface area contributed by atoms with Gasteiger partial charge in [0.15, 0.2) is 0 Å². The van der Waals surface area contributed by atoms with Crippen LogP contribution in [0.1, 0.15) is 18.4 Å². The summed E-state index contributed by atoms with van der Waals surface area (Å²) in [6, 6.07) is 16.9. The maximum absolute atomic E-state index is 6.42. The Balaban J connectivity index is 1.47. The van der Waals surface area contributed by atoms with Crippen LogP contribution in [0.3, 0.4) is 0 Å². The number of halogens is 1. The molecule has 0 radical (unpaired) electrons. The van der Waals surface area contributed by atoms with Crippen molar-refractivity contribution < 1.29 is 4.74 Å². The minimum absolute atomic E-state index is 0.185. The van der Waals surface area contributed by atoms with E-state index < -0.39 is 0 Å². The van der Waals surface area contributed by atoms with Gasteiger partial charge in [0.05, 0.1) is 35.5 Å². The van der Waals surface area contributed by atoms with Crippen molar-refractivity contribution in [1.29, 1.82) is 0 Å². The number of rotatable bonds is 4. The van der Waals surface area contributed by atoms with E-state index in [1.165, 1.54) is 23.3 Å². The van der Waals surface area contributed by atoms with Gasteiger partial charge in [-0.05, 0) is 61.2 Å². The summed E-state index contributed by atoms with van der Waals surface area (Å²) in [5.41, 5.74) is 7.52. The van der Waals surface area contributed by atoms with Crippen molar-refractivity contribution in [2.24, 2.45) is 10.9 Å². The molecule has 6 rings (SSSR count). The first kappa shape index (κ1) is 22.0. The first-order chi connectivity index (χ1) is 17.2. The summed E-state index contributed by atoms with van der Waals surface area (Å²) in [6.07, 6.45) is 12.4. The fourth-order valence-electron chi connectivity index (χ4n) is 5.01. The van der Waals surface area contributed by atoms with Crippen molar-refractivity contribution in [1.82, 2.24) is 9.97 Å². The molecule has 1 atom stereocenters. The number of hydrogen-bond donors (Lipinski definition) is 1. The fraction of sp³-hybridized carbons (Fsp3) is 0.250. The zero-order chi connectivity index (χ0) is 23.6. The fourth-order valence-corrected chi connectivity index (χ4v) is 5.20. The number of allylic oxidation sites excluding steroid dienone is 2. The summed E-state index contributed by atoms with van der Waals surface area (Å²) in [4.78, 5) is 15.9. The van der Waals surface area contributed by atoms with Gasteiger partial charge in [-0.3, -0.25) is 4.99 Å². The largest absolute Gasteiger partial charge is 0.381 e. The van der Waals surface area contributed by atoms with Crippen LogP contribution in [0, 0.1) is 5.92 Å². The lowest BCUT2D eigenvalue weighted by Gasteiger charge is -2.40. The van der Waals surface area contributed by atoms with Crippen molar-refractivity contribution in [3.63, 3.8) is 0 Å². The molecule has 0 spiro atoms. The quantitative estimate of drug-likeness (QED) is 0.496. The summed E-state index contributed by atoms with van der Waals surface area (Å²) in [6.45, 7) is 1.50. The molecule has 0 saturated carbocycles. The number of aliphatic imine (C=N–C) groups is 1. The van der Waals surface area contributed by atoms with Crippen LogP contribution in [-0.2, 0) is 11.2 Å². The molecule has 1 unspecified atom stereocenters. The lowest BCUT2D eigenvalue weighted by Crippen LogP contribution is -2.33. The number of nitrogens with zero attached hydrogens (tertiary/aromatic N) is 4. The molecule has 0 bridgehead atoms. The predicted octanol–water partition coefficient (Wildman–Crippen LogP) is 5.95. The molecule has 3 aromatic rings. The van der Waals surface area contributed by atoms with Crippen LogP contribution in [-0.4, -0.2) is 34.9 Å². The second kappa shape index (κ2) is 9.64. The van der Waals surface area contributed by atoms with Crippen LogP contribution in [0.15, 0.2) is 95.8 Å². The van der Waals surface area contributed by atoms with Crippen molar-refractivity contribution in [3.8, 4) is 0 Å². The monoisotopic (exact) mass is 483 g/mol. The summed E-state index contributed by atoms with van der Waals surface area (Å²) in [7, 11) is 0. The van der Waals surface area contributed by atoms with Crippen LogP contribution in [0.2, 0.25) is 5.02 Å². The molecule has 7 heteroatoms. The molecule has 1 aromatic heterocycles. The van der Waals surface area contributed by atoms with Crippen LogP contribution in [0.25, 0.3) is 0 Å². The summed E-state index contributed by atoms with van der Waals surface area (Å²) >= 11 is 6.42. The molecule has 1 fully saturated rings. The average Bonchev–Trinajstić information content (AvgIpc) is 2.89. The van der Waals surface area contributed by atoms with Crippen molar-refractivity contribution >= 4 is 34.4 Å². The summed E-state index contributed by atoms with van der Waals surface area (Å²) in [5.74, 6) is 0.185. The lowest BCUT2D eigenvalue weighted by atomic mass is 9.84. The number of ether oxygens (including phenoxy) is 1. The van der Waals surface area contributed by atoms with E-state index in [-0.39, 0.29) is 12.0 Å². The lowest BCUT2D eigenvalue weighted by molar-refractivity contribution is 0.0871. The van der Waals surface area contributed by atoms with Crippen LogP contribution >= 0.6 is 11.6 Å². The average molecular weight is 484 g/mol. The van der Waals surface area contributed by atoms with Gasteiger partial charge in [-0.2, -0.15) is 0 Å². The van der Waals surface area contributed by atoms with E-state index in [0.717, 1.165) is 60.3 Å².